The largest absolute Gasteiger partial charge is 0.368 e. The van der Waals surface area contributed by atoms with Crippen LogP contribution in [-0.4, -0.2) is 79.3 Å². The summed E-state index contributed by atoms with van der Waals surface area (Å²) >= 11 is 0. The molecule has 0 saturated carbocycles. The molecule has 0 spiro atoms. The molecule has 0 amide bonds. The Hall–Kier alpha value is -1.58. The van der Waals surface area contributed by atoms with Crippen LogP contribution in [0.4, 0.5) is 0 Å². The van der Waals surface area contributed by atoms with E-state index in [0.29, 0.717) is 25.9 Å². The average Bonchev–Trinajstić information content (AvgIpc) is 3.25. The van der Waals surface area contributed by atoms with Gasteiger partial charge in [0.1, 0.15) is 0 Å². The molecule has 0 aromatic heterocycles. The fraction of sp³-hybridized carbons (Fsp3) is 0.962. The van der Waals surface area contributed by atoms with Gasteiger partial charge in [0.2, 0.25) is 0 Å². The van der Waals surface area contributed by atoms with Gasteiger partial charge >= 0.3 is 11.9 Å². The van der Waals surface area contributed by atoms with E-state index in [0.717, 1.165) is 116 Å². The summed E-state index contributed by atoms with van der Waals surface area (Å²) in [6.07, 6.45) is 44.3. The predicted molar refractivity (Wildman–Crippen MR) is 261 cm³/mol. The highest BCUT2D eigenvalue weighted by molar-refractivity contribution is 5.69. The molecule has 0 aliphatic rings. The lowest BCUT2D eigenvalue weighted by atomic mass is 10.1. The Balaban J connectivity index is 4.44. The van der Waals surface area contributed by atoms with Crippen LogP contribution in [0.3, 0.4) is 0 Å². The maximum atomic E-state index is 12.8. The molecule has 0 aliphatic carbocycles. The van der Waals surface area contributed by atoms with Gasteiger partial charge in [-0.3, -0.25) is 9.59 Å². The molecular formula is C52H104N4O5. The van der Waals surface area contributed by atoms with Crippen molar-refractivity contribution in [3.8, 4) is 0 Å². The van der Waals surface area contributed by atoms with Gasteiger partial charge in [0.25, 0.3) is 0 Å². The van der Waals surface area contributed by atoms with E-state index in [-0.39, 0.29) is 11.9 Å². The van der Waals surface area contributed by atoms with Crippen LogP contribution < -0.4 is 0 Å². The molecule has 0 bridgehead atoms. The first-order valence-electron chi connectivity index (χ1n) is 26.9. The van der Waals surface area contributed by atoms with Crippen molar-refractivity contribution < 1.29 is 19.3 Å². The molecule has 0 radical (unpaired) electrons. The number of rotatable bonds is 51. The first-order chi connectivity index (χ1) is 30.0. The highest BCUT2D eigenvalue weighted by atomic mass is 16.7. The van der Waals surface area contributed by atoms with Gasteiger partial charge in [-0.1, -0.05) is 213 Å². The number of hydrogen-bond donors (Lipinski definition) is 0. The zero-order valence-electron chi connectivity index (χ0n) is 41.4. The van der Waals surface area contributed by atoms with Crippen LogP contribution in [0.2, 0.25) is 0 Å². The first kappa shape index (κ1) is 59.4. The summed E-state index contributed by atoms with van der Waals surface area (Å²) in [6, 6.07) is 0. The number of carbonyl (C=O) groups excluding carboxylic acids is 2. The molecule has 61 heavy (non-hydrogen) atoms. The molecule has 9 heteroatoms. The van der Waals surface area contributed by atoms with E-state index in [1.165, 1.54) is 154 Å². The third-order valence-electron chi connectivity index (χ3n) is 12.2. The smallest absolute Gasteiger partial charge is 0.325 e. The molecule has 0 rings (SSSR count). The minimum atomic E-state index is -0.0813. The van der Waals surface area contributed by atoms with Gasteiger partial charge in [0.05, 0.1) is 6.54 Å². The van der Waals surface area contributed by atoms with E-state index in [9.17, 15) is 14.5 Å². The number of carbonyl (C=O) groups is 2. The van der Waals surface area contributed by atoms with Crippen molar-refractivity contribution in [1.29, 1.82) is 0 Å². The highest BCUT2D eigenvalue weighted by Gasteiger charge is 2.14. The molecule has 0 saturated heterocycles. The van der Waals surface area contributed by atoms with Crippen LogP contribution in [-0.2, 0) is 19.3 Å². The van der Waals surface area contributed by atoms with Crippen LogP contribution >= 0.6 is 0 Å². The molecule has 0 heterocycles. The van der Waals surface area contributed by atoms with Crippen molar-refractivity contribution in [1.82, 2.24) is 15.0 Å². The van der Waals surface area contributed by atoms with E-state index >= 15 is 0 Å². The van der Waals surface area contributed by atoms with Crippen LogP contribution in [0.25, 0.3) is 0 Å². The summed E-state index contributed by atoms with van der Waals surface area (Å²) in [5, 5.41) is 7.06. The normalized spacial score (nSPS) is 11.7. The number of nitrogens with zero attached hydrogens (tertiary/aromatic N) is 4. The summed E-state index contributed by atoms with van der Waals surface area (Å²) < 4.78 is 0. The summed E-state index contributed by atoms with van der Waals surface area (Å²) in [5.41, 5.74) is 0. The van der Waals surface area contributed by atoms with Gasteiger partial charge in [-0.05, 0) is 64.5 Å². The Kier molecular flexibility index (Phi) is 48.2. The van der Waals surface area contributed by atoms with Gasteiger partial charge in [-0.25, -0.2) is 0 Å². The Morgan fingerprint density at radius 2 is 0.574 bits per heavy atom. The van der Waals surface area contributed by atoms with Gasteiger partial charge in [0.15, 0.2) is 0 Å². The van der Waals surface area contributed by atoms with Gasteiger partial charge < -0.3 is 14.6 Å². The van der Waals surface area contributed by atoms with Crippen molar-refractivity contribution in [3.63, 3.8) is 0 Å². The fourth-order valence-corrected chi connectivity index (χ4v) is 8.20. The van der Waals surface area contributed by atoms with E-state index in [4.69, 9.17) is 9.68 Å². The quantitative estimate of drug-likeness (QED) is 0.0339. The molecule has 0 aromatic carbocycles. The molecule has 0 aromatic rings. The third kappa shape index (κ3) is 44.8. The summed E-state index contributed by atoms with van der Waals surface area (Å²) in [4.78, 5) is 50.8. The van der Waals surface area contributed by atoms with Crippen LogP contribution in [0.5, 0.6) is 0 Å². The Labute approximate surface area is 379 Å². The van der Waals surface area contributed by atoms with Crippen molar-refractivity contribution in [2.24, 2.45) is 5.18 Å². The fourth-order valence-electron chi connectivity index (χ4n) is 8.20. The minimum Gasteiger partial charge on any atom is -0.368 e. The van der Waals surface area contributed by atoms with Gasteiger partial charge in [-0.2, -0.15) is 4.91 Å². The van der Waals surface area contributed by atoms with E-state index < -0.39 is 0 Å². The molecule has 0 aliphatic heterocycles. The Bertz CT molecular complexity index is 822. The summed E-state index contributed by atoms with van der Waals surface area (Å²) in [5.74, 6) is -0.163. The number of hydrogen-bond acceptors (Lipinski definition) is 9. The number of nitroso groups, excluding NO2 is 1. The SMILES string of the molecule is CCCCCCCCCN(CCCCCCCCC)OC(=O)CCCCCCN(CCCCCCC(=O)ON(CCCCCCCCC)CCCCCCCCC)CCN=O. The second kappa shape index (κ2) is 49.4. The molecule has 0 fully saturated rings. The van der Waals surface area contributed by atoms with E-state index in [2.05, 4.69) is 37.8 Å². The molecule has 362 valence electrons. The number of hydroxylamine groups is 4. The van der Waals surface area contributed by atoms with Crippen LogP contribution in [0, 0.1) is 4.91 Å². The predicted octanol–water partition coefficient (Wildman–Crippen LogP) is 15.5. The van der Waals surface area contributed by atoms with E-state index in [1.807, 2.05) is 10.1 Å². The number of unbranched alkanes of at least 4 members (excludes halogenated alkanes) is 30. The molecule has 0 N–H and O–H groups in total. The Morgan fingerprint density at radius 1 is 0.328 bits per heavy atom. The van der Waals surface area contributed by atoms with Crippen LogP contribution in [0.1, 0.15) is 272 Å². The zero-order valence-corrected chi connectivity index (χ0v) is 41.4. The van der Waals surface area contributed by atoms with Gasteiger partial charge in [-0.15, -0.1) is 10.1 Å². The molecule has 9 nitrogen and oxygen atoms in total. The van der Waals surface area contributed by atoms with Crippen molar-refractivity contribution in [2.75, 3.05) is 52.4 Å². The average molecular weight is 865 g/mol. The standard InChI is InChI=1S/C52H104N4O5/c1-5-9-13-17-21-27-37-46-55(47-38-28-22-18-14-10-6-2)60-51(57)41-33-25-31-35-44-54(50-43-53-59)45-36-32-26-34-42-52(58)61-56(48-39-29-23-19-15-11-7-3)49-40-30-24-20-16-12-8-4/h5-50H2,1-4H3. The zero-order chi connectivity index (χ0) is 44.5. The lowest BCUT2D eigenvalue weighted by Crippen LogP contribution is -2.29. The van der Waals surface area contributed by atoms with E-state index in [1.54, 1.807) is 0 Å². The third-order valence-corrected chi connectivity index (χ3v) is 12.2. The van der Waals surface area contributed by atoms with Gasteiger partial charge in [0, 0.05) is 45.6 Å². The molecule has 0 atom stereocenters. The van der Waals surface area contributed by atoms with Crippen LogP contribution in [0.15, 0.2) is 5.18 Å². The topological polar surface area (TPSA) is 91.8 Å². The molecular weight excluding hydrogens is 761 g/mol. The Morgan fingerprint density at radius 3 is 0.852 bits per heavy atom. The minimum absolute atomic E-state index is 0.0813. The van der Waals surface area contributed by atoms with Crippen molar-refractivity contribution >= 4 is 11.9 Å². The second-order valence-electron chi connectivity index (χ2n) is 18.3. The van der Waals surface area contributed by atoms with Crippen molar-refractivity contribution in [3.05, 3.63) is 4.91 Å². The van der Waals surface area contributed by atoms with Crippen molar-refractivity contribution in [2.45, 2.75) is 272 Å². The lowest BCUT2D eigenvalue weighted by Gasteiger charge is -2.22. The summed E-state index contributed by atoms with van der Waals surface area (Å²) in [7, 11) is 0. The maximum Gasteiger partial charge on any atom is 0.325 e. The highest BCUT2D eigenvalue weighted by Crippen LogP contribution is 2.15. The monoisotopic (exact) mass is 865 g/mol. The lowest BCUT2D eigenvalue weighted by molar-refractivity contribution is -0.192. The molecule has 0 unspecified atom stereocenters. The maximum absolute atomic E-state index is 12.8. The first-order valence-corrected chi connectivity index (χ1v) is 26.9. The summed E-state index contributed by atoms with van der Waals surface area (Å²) in [6.45, 7) is 15.4. The second-order valence-corrected chi connectivity index (χ2v) is 18.3.